The maximum absolute atomic E-state index is 13.2. The molecule has 2 bridgehead atoms. The molecule has 220 valence electrons. The molecule has 41 heavy (non-hydrogen) atoms. The summed E-state index contributed by atoms with van der Waals surface area (Å²) in [5, 5.41) is 12.6. The van der Waals surface area contributed by atoms with Gasteiger partial charge in [-0.3, -0.25) is 10.1 Å². The van der Waals surface area contributed by atoms with E-state index in [2.05, 4.69) is 21.3 Å². The van der Waals surface area contributed by atoms with Crippen molar-refractivity contribution in [1.29, 1.82) is 0 Å². The number of amides is 1. The van der Waals surface area contributed by atoms with Gasteiger partial charge < -0.3 is 30.2 Å². The quantitative estimate of drug-likeness (QED) is 0.205. The van der Waals surface area contributed by atoms with E-state index in [1.165, 1.54) is 0 Å². The van der Waals surface area contributed by atoms with E-state index in [4.69, 9.17) is 14.2 Å². The van der Waals surface area contributed by atoms with Gasteiger partial charge in [-0.25, -0.2) is 9.59 Å². The first kappa shape index (κ1) is 31.1. The predicted octanol–water partition coefficient (Wildman–Crippen LogP) is 5.15. The summed E-state index contributed by atoms with van der Waals surface area (Å²) >= 11 is 0. The van der Waals surface area contributed by atoms with Gasteiger partial charge in [-0.1, -0.05) is 56.3 Å². The van der Waals surface area contributed by atoms with Crippen LogP contribution in [-0.2, 0) is 30.4 Å². The number of benzene rings is 2. The SMILES string of the molecule is CC.CCOC(=O)Nc1ccc2c(c1)NC(C(=O)OCC)C/C=C/CC(C(=O)OCc1ccccc1)C1NC=C2N1. The van der Waals surface area contributed by atoms with Crippen LogP contribution in [0.5, 0.6) is 0 Å². The van der Waals surface area contributed by atoms with Crippen LogP contribution in [0.2, 0.25) is 0 Å². The molecule has 2 aromatic rings. The molecule has 3 atom stereocenters. The maximum Gasteiger partial charge on any atom is 0.411 e. The molecule has 2 aliphatic heterocycles. The molecule has 2 heterocycles. The zero-order chi connectivity index (χ0) is 29.6. The molecule has 4 N–H and O–H groups in total. The number of hydrogen-bond donors (Lipinski definition) is 4. The van der Waals surface area contributed by atoms with Crippen LogP contribution in [0.3, 0.4) is 0 Å². The first-order valence-corrected chi connectivity index (χ1v) is 14.1. The number of fused-ring (bicyclic) bond motifs is 4. The third-order valence-corrected chi connectivity index (χ3v) is 6.31. The van der Waals surface area contributed by atoms with Crippen LogP contribution in [0.25, 0.3) is 5.70 Å². The Morgan fingerprint density at radius 2 is 1.61 bits per heavy atom. The summed E-state index contributed by atoms with van der Waals surface area (Å²) in [5.74, 6) is -1.27. The van der Waals surface area contributed by atoms with Crippen molar-refractivity contribution in [3.8, 4) is 0 Å². The zero-order valence-electron chi connectivity index (χ0n) is 24.1. The zero-order valence-corrected chi connectivity index (χ0v) is 24.1. The molecule has 1 amide bonds. The van der Waals surface area contributed by atoms with Gasteiger partial charge in [0, 0.05) is 23.1 Å². The minimum absolute atomic E-state index is 0.181. The molecular weight excluding hydrogens is 524 g/mol. The van der Waals surface area contributed by atoms with Crippen molar-refractivity contribution in [3.63, 3.8) is 0 Å². The number of ether oxygens (including phenoxy) is 3. The smallest absolute Gasteiger partial charge is 0.411 e. The maximum atomic E-state index is 13.2. The normalized spacial score (nSPS) is 19.8. The van der Waals surface area contributed by atoms with Crippen LogP contribution in [0.4, 0.5) is 16.2 Å². The van der Waals surface area contributed by atoms with Gasteiger partial charge in [0.15, 0.2) is 0 Å². The minimum atomic E-state index is -0.688. The van der Waals surface area contributed by atoms with Gasteiger partial charge in [0.05, 0.1) is 24.8 Å². The van der Waals surface area contributed by atoms with Gasteiger partial charge in [-0.15, -0.1) is 0 Å². The molecule has 2 aliphatic rings. The van der Waals surface area contributed by atoms with Crippen molar-refractivity contribution in [1.82, 2.24) is 10.6 Å². The first-order valence-electron chi connectivity index (χ1n) is 14.1. The van der Waals surface area contributed by atoms with Gasteiger partial charge >= 0.3 is 18.0 Å². The largest absolute Gasteiger partial charge is 0.464 e. The van der Waals surface area contributed by atoms with Crippen molar-refractivity contribution in [3.05, 3.63) is 78.0 Å². The summed E-state index contributed by atoms with van der Waals surface area (Å²) in [6, 6.07) is 14.1. The van der Waals surface area contributed by atoms with Crippen molar-refractivity contribution in [2.75, 3.05) is 23.8 Å². The standard InChI is InChI=1S/C29H34N4O6.C2H6/c1-3-37-28(35)23-13-9-8-12-22(27(34)39-18-19-10-6-5-7-11-19)26-30-17-25(33-26)21-15-14-20(16-24(21)32-23)31-29(36)38-4-2;1-2/h5-11,14-17,22-23,26,30,32-33H,3-4,12-13,18H2,1-2H3,(H,31,36);1-2H3/b9-8+;. The first-order chi connectivity index (χ1) is 20.0. The number of esters is 2. The molecule has 0 radical (unpaired) electrons. The summed E-state index contributed by atoms with van der Waals surface area (Å²) in [7, 11) is 0. The van der Waals surface area contributed by atoms with E-state index in [9.17, 15) is 14.4 Å². The Bertz CT molecular complexity index is 1230. The van der Waals surface area contributed by atoms with Gasteiger partial charge in [-0.2, -0.15) is 0 Å². The van der Waals surface area contributed by atoms with E-state index in [0.717, 1.165) is 16.8 Å². The topological polar surface area (TPSA) is 127 Å². The molecule has 2 aromatic carbocycles. The molecule has 4 rings (SSSR count). The fourth-order valence-electron chi connectivity index (χ4n) is 4.38. The third-order valence-electron chi connectivity index (χ3n) is 6.31. The number of anilines is 2. The molecular formula is C31H40N4O6. The number of carbonyl (C=O) groups is 3. The van der Waals surface area contributed by atoms with Gasteiger partial charge in [0.2, 0.25) is 0 Å². The van der Waals surface area contributed by atoms with Crippen molar-refractivity contribution in [2.45, 2.75) is 59.4 Å². The summed E-state index contributed by atoms with van der Waals surface area (Å²) in [4.78, 5) is 38.0. The minimum Gasteiger partial charge on any atom is -0.464 e. The average Bonchev–Trinajstić information content (AvgIpc) is 3.46. The third kappa shape index (κ3) is 8.76. The molecule has 0 saturated carbocycles. The van der Waals surface area contributed by atoms with Crippen LogP contribution in [-0.4, -0.2) is 43.5 Å². The fourth-order valence-corrected chi connectivity index (χ4v) is 4.38. The lowest BCUT2D eigenvalue weighted by Gasteiger charge is -2.25. The fraction of sp³-hybridized carbons (Fsp3) is 0.387. The number of nitrogens with one attached hydrogen (secondary N) is 4. The van der Waals surface area contributed by atoms with Crippen molar-refractivity contribution in [2.24, 2.45) is 5.92 Å². The molecule has 0 saturated heterocycles. The summed E-state index contributed by atoms with van der Waals surface area (Å²) in [5.41, 5.74) is 3.47. The highest BCUT2D eigenvalue weighted by Gasteiger charge is 2.33. The monoisotopic (exact) mass is 564 g/mol. The predicted molar refractivity (Wildman–Crippen MR) is 159 cm³/mol. The Hall–Kier alpha value is -4.47. The summed E-state index contributed by atoms with van der Waals surface area (Å²) in [6.45, 7) is 8.14. The molecule has 10 nitrogen and oxygen atoms in total. The van der Waals surface area contributed by atoms with E-state index in [-0.39, 0.29) is 25.8 Å². The van der Waals surface area contributed by atoms with E-state index in [1.54, 1.807) is 32.2 Å². The Morgan fingerprint density at radius 3 is 2.34 bits per heavy atom. The number of allylic oxidation sites excluding steroid dienone is 1. The van der Waals surface area contributed by atoms with Crippen LogP contribution < -0.4 is 21.3 Å². The molecule has 10 heteroatoms. The van der Waals surface area contributed by atoms with Crippen LogP contribution in [0.1, 0.15) is 51.7 Å². The number of rotatable bonds is 7. The molecule has 3 unspecified atom stereocenters. The molecule has 0 fully saturated rings. The lowest BCUT2D eigenvalue weighted by molar-refractivity contribution is -0.151. The highest BCUT2D eigenvalue weighted by molar-refractivity contribution is 5.89. The number of hydrogen-bond acceptors (Lipinski definition) is 9. The highest BCUT2D eigenvalue weighted by atomic mass is 16.5. The van der Waals surface area contributed by atoms with Crippen LogP contribution in [0, 0.1) is 5.92 Å². The van der Waals surface area contributed by atoms with Crippen LogP contribution in [0.15, 0.2) is 66.9 Å². The second-order valence-corrected chi connectivity index (χ2v) is 9.04. The van der Waals surface area contributed by atoms with E-state index < -0.39 is 30.2 Å². The van der Waals surface area contributed by atoms with Gasteiger partial charge in [-0.05, 0) is 50.5 Å². The van der Waals surface area contributed by atoms with Gasteiger partial charge in [0.25, 0.3) is 0 Å². The van der Waals surface area contributed by atoms with E-state index in [1.807, 2.05) is 62.4 Å². The Balaban J connectivity index is 0.00000226. The lowest BCUT2D eigenvalue weighted by Crippen LogP contribution is -2.44. The Labute approximate surface area is 241 Å². The van der Waals surface area contributed by atoms with Crippen molar-refractivity contribution >= 4 is 35.1 Å². The van der Waals surface area contributed by atoms with Gasteiger partial charge in [0.1, 0.15) is 18.8 Å². The Kier molecular flexibility index (Phi) is 12.1. The number of carbonyl (C=O) groups excluding carboxylic acids is 3. The molecule has 0 spiro atoms. The molecule has 0 aromatic heterocycles. The summed E-state index contributed by atoms with van der Waals surface area (Å²) in [6.07, 6.45) is 5.30. The van der Waals surface area contributed by atoms with E-state index in [0.29, 0.717) is 24.2 Å². The highest BCUT2D eigenvalue weighted by Crippen LogP contribution is 2.31. The summed E-state index contributed by atoms with van der Waals surface area (Å²) < 4.78 is 16.0. The van der Waals surface area contributed by atoms with E-state index >= 15 is 0 Å². The Morgan fingerprint density at radius 1 is 0.878 bits per heavy atom. The van der Waals surface area contributed by atoms with Crippen LogP contribution >= 0.6 is 0 Å². The second-order valence-electron chi connectivity index (χ2n) is 9.04. The van der Waals surface area contributed by atoms with Crippen molar-refractivity contribution < 1.29 is 28.6 Å². The lowest BCUT2D eigenvalue weighted by atomic mass is 10.00. The average molecular weight is 565 g/mol. The molecule has 0 aliphatic carbocycles. The second kappa shape index (κ2) is 16.0.